The number of carbonyl (C=O) groups is 1. The van der Waals surface area contributed by atoms with Crippen LogP contribution in [0.4, 0.5) is 11.6 Å². The highest BCUT2D eigenvalue weighted by Crippen LogP contribution is 2.34. The van der Waals surface area contributed by atoms with Crippen LogP contribution in [0, 0.1) is 0 Å². The van der Waals surface area contributed by atoms with Gasteiger partial charge in [0.2, 0.25) is 5.91 Å². The molecule has 3 heterocycles. The van der Waals surface area contributed by atoms with Crippen molar-refractivity contribution in [2.24, 2.45) is 0 Å². The van der Waals surface area contributed by atoms with E-state index >= 15 is 0 Å². The molecule has 7 heteroatoms. The van der Waals surface area contributed by atoms with E-state index in [2.05, 4.69) is 20.3 Å². The van der Waals surface area contributed by atoms with Crippen molar-refractivity contribution in [3.8, 4) is 0 Å². The lowest BCUT2D eigenvalue weighted by molar-refractivity contribution is -0.131. The molecule has 3 rings (SSSR count). The molecule has 1 N–H and O–H groups in total. The van der Waals surface area contributed by atoms with Gasteiger partial charge in [0, 0.05) is 37.4 Å². The first-order valence-corrected chi connectivity index (χ1v) is 8.17. The van der Waals surface area contributed by atoms with Crippen molar-refractivity contribution >= 4 is 29.1 Å². The summed E-state index contributed by atoms with van der Waals surface area (Å²) in [4.78, 5) is 27.2. The molecule has 0 spiro atoms. The highest BCUT2D eigenvalue weighted by molar-refractivity contribution is 6.18. The molecule has 0 radical (unpaired) electrons. The number of carbonyl (C=O) groups excluding carboxylic acids is 1. The monoisotopic (exact) mass is 331 g/mol. The third kappa shape index (κ3) is 3.59. The molecule has 0 saturated carbocycles. The molecule has 6 nitrogen and oxygen atoms in total. The lowest BCUT2D eigenvalue weighted by atomic mass is 10.1. The minimum absolute atomic E-state index is 0.0642. The Kier molecular flexibility index (Phi) is 5.02. The minimum atomic E-state index is -0.0642. The van der Waals surface area contributed by atoms with Crippen LogP contribution in [0.2, 0.25) is 0 Å². The molecular weight excluding hydrogens is 314 g/mol. The van der Waals surface area contributed by atoms with Crippen LogP contribution >= 0.6 is 11.6 Å². The molecule has 2 aromatic rings. The predicted molar refractivity (Wildman–Crippen MR) is 88.6 cm³/mol. The molecule has 1 aliphatic rings. The number of hydrogen-bond donors (Lipinski definition) is 1. The number of halogens is 1. The highest BCUT2D eigenvalue weighted by atomic mass is 35.5. The maximum absolute atomic E-state index is 12.3. The zero-order valence-electron chi connectivity index (χ0n) is 12.7. The SMILES string of the molecule is O=C(CCCl)N1CCCC1c1nccnc1Nc1ccccn1. The van der Waals surface area contributed by atoms with E-state index < -0.39 is 0 Å². The lowest BCUT2D eigenvalue weighted by Gasteiger charge is -2.25. The van der Waals surface area contributed by atoms with Crippen LogP contribution in [0.5, 0.6) is 0 Å². The van der Waals surface area contributed by atoms with E-state index in [0.717, 1.165) is 25.1 Å². The van der Waals surface area contributed by atoms with Crippen LogP contribution in [-0.4, -0.2) is 38.2 Å². The van der Waals surface area contributed by atoms with Crippen LogP contribution in [0.1, 0.15) is 31.0 Å². The van der Waals surface area contributed by atoms with Gasteiger partial charge in [-0.05, 0) is 25.0 Å². The third-order valence-corrected chi connectivity index (χ3v) is 4.02. The summed E-state index contributed by atoms with van der Waals surface area (Å²) in [6, 6.07) is 5.55. The Hall–Kier alpha value is -2.21. The number of amides is 1. The summed E-state index contributed by atoms with van der Waals surface area (Å²) < 4.78 is 0. The molecule has 2 aromatic heterocycles. The van der Waals surface area contributed by atoms with Crippen LogP contribution in [0.25, 0.3) is 0 Å². The van der Waals surface area contributed by atoms with Gasteiger partial charge in [0.05, 0.1) is 6.04 Å². The number of likely N-dealkylation sites (tertiary alicyclic amines) is 1. The Morgan fingerprint density at radius 2 is 2.13 bits per heavy atom. The van der Waals surface area contributed by atoms with E-state index in [1.54, 1.807) is 18.6 Å². The standard InChI is InChI=1S/C16H18ClN5O/c17-7-6-14(23)22-11-3-4-12(22)15-16(20-10-9-19-15)21-13-5-1-2-8-18-13/h1-2,5,8-10,12H,3-4,6-7,11H2,(H,18,20,21). The van der Waals surface area contributed by atoms with Gasteiger partial charge in [0.15, 0.2) is 5.82 Å². The smallest absolute Gasteiger partial charge is 0.224 e. The van der Waals surface area contributed by atoms with Crippen molar-refractivity contribution < 1.29 is 4.79 Å². The molecule has 0 aromatic carbocycles. The summed E-state index contributed by atoms with van der Waals surface area (Å²) >= 11 is 5.71. The molecule has 120 valence electrons. The van der Waals surface area contributed by atoms with Crippen LogP contribution in [-0.2, 0) is 4.79 Å². The average molecular weight is 332 g/mol. The fourth-order valence-electron chi connectivity index (χ4n) is 2.82. The van der Waals surface area contributed by atoms with Crippen molar-refractivity contribution in [1.82, 2.24) is 19.9 Å². The van der Waals surface area contributed by atoms with E-state index in [0.29, 0.717) is 23.9 Å². The number of anilines is 2. The maximum Gasteiger partial charge on any atom is 0.224 e. The van der Waals surface area contributed by atoms with E-state index in [4.69, 9.17) is 11.6 Å². The number of rotatable bonds is 5. The maximum atomic E-state index is 12.3. The van der Waals surface area contributed by atoms with Gasteiger partial charge in [-0.25, -0.2) is 9.97 Å². The zero-order valence-corrected chi connectivity index (χ0v) is 13.4. The van der Waals surface area contributed by atoms with Gasteiger partial charge in [-0.3, -0.25) is 9.78 Å². The van der Waals surface area contributed by atoms with E-state index in [1.165, 1.54) is 0 Å². The Bertz CT molecular complexity index is 667. The first kappa shape index (κ1) is 15.7. The quantitative estimate of drug-likeness (QED) is 0.853. The second kappa shape index (κ2) is 7.37. The lowest BCUT2D eigenvalue weighted by Crippen LogP contribution is -2.31. The molecule has 1 saturated heterocycles. The summed E-state index contributed by atoms with van der Waals surface area (Å²) in [5.74, 6) is 1.74. The van der Waals surface area contributed by atoms with Crippen molar-refractivity contribution in [3.05, 3.63) is 42.5 Å². The molecule has 1 amide bonds. The summed E-state index contributed by atoms with van der Waals surface area (Å²) in [7, 11) is 0. The van der Waals surface area contributed by atoms with E-state index in [1.807, 2.05) is 23.1 Å². The Morgan fingerprint density at radius 1 is 1.26 bits per heavy atom. The molecule has 1 fully saturated rings. The van der Waals surface area contributed by atoms with Crippen LogP contribution < -0.4 is 5.32 Å². The molecule has 0 aliphatic carbocycles. The van der Waals surface area contributed by atoms with Gasteiger partial charge in [-0.1, -0.05) is 6.07 Å². The Balaban J connectivity index is 1.86. The summed E-state index contributed by atoms with van der Waals surface area (Å²) in [6.07, 6.45) is 7.18. The first-order chi connectivity index (χ1) is 11.3. The topological polar surface area (TPSA) is 71.0 Å². The minimum Gasteiger partial charge on any atom is -0.334 e. The fourth-order valence-corrected chi connectivity index (χ4v) is 2.98. The normalized spacial score (nSPS) is 17.3. The van der Waals surface area contributed by atoms with Gasteiger partial charge in [-0.2, -0.15) is 0 Å². The second-order valence-electron chi connectivity index (χ2n) is 5.31. The molecular formula is C16H18ClN5O. The van der Waals surface area contributed by atoms with E-state index in [9.17, 15) is 4.79 Å². The molecule has 0 bridgehead atoms. The first-order valence-electron chi connectivity index (χ1n) is 7.64. The molecule has 1 unspecified atom stereocenters. The van der Waals surface area contributed by atoms with Crippen molar-refractivity contribution in [2.45, 2.75) is 25.3 Å². The largest absolute Gasteiger partial charge is 0.334 e. The van der Waals surface area contributed by atoms with Gasteiger partial charge < -0.3 is 10.2 Å². The number of hydrogen-bond acceptors (Lipinski definition) is 5. The number of aromatic nitrogens is 3. The highest BCUT2D eigenvalue weighted by Gasteiger charge is 2.32. The summed E-state index contributed by atoms with van der Waals surface area (Å²) in [5.41, 5.74) is 0.776. The summed E-state index contributed by atoms with van der Waals surface area (Å²) in [6.45, 7) is 0.736. The predicted octanol–water partition coefficient (Wildman–Crippen LogP) is 2.91. The van der Waals surface area contributed by atoms with Crippen LogP contribution in [0.3, 0.4) is 0 Å². The third-order valence-electron chi connectivity index (χ3n) is 3.84. The second-order valence-corrected chi connectivity index (χ2v) is 5.69. The zero-order chi connectivity index (χ0) is 16.1. The average Bonchev–Trinajstić information content (AvgIpc) is 3.06. The molecule has 23 heavy (non-hydrogen) atoms. The van der Waals surface area contributed by atoms with E-state index in [-0.39, 0.29) is 11.9 Å². The van der Waals surface area contributed by atoms with Crippen molar-refractivity contribution in [2.75, 3.05) is 17.7 Å². The number of pyridine rings is 1. The Labute approximate surface area is 139 Å². The van der Waals surface area contributed by atoms with Gasteiger partial charge in [0.25, 0.3) is 0 Å². The van der Waals surface area contributed by atoms with Crippen molar-refractivity contribution in [3.63, 3.8) is 0 Å². The van der Waals surface area contributed by atoms with Gasteiger partial charge >= 0.3 is 0 Å². The number of alkyl halides is 1. The van der Waals surface area contributed by atoms with Gasteiger partial charge in [0.1, 0.15) is 11.5 Å². The summed E-state index contributed by atoms with van der Waals surface area (Å²) in [5, 5.41) is 3.19. The number of nitrogens with one attached hydrogen (secondary N) is 1. The molecule has 1 atom stereocenters. The van der Waals surface area contributed by atoms with Crippen molar-refractivity contribution in [1.29, 1.82) is 0 Å². The van der Waals surface area contributed by atoms with Crippen LogP contribution in [0.15, 0.2) is 36.8 Å². The fraction of sp³-hybridized carbons (Fsp3) is 0.375. The van der Waals surface area contributed by atoms with Gasteiger partial charge in [-0.15, -0.1) is 11.6 Å². The number of nitrogens with zero attached hydrogens (tertiary/aromatic N) is 4. The molecule has 1 aliphatic heterocycles. The Morgan fingerprint density at radius 3 is 2.91 bits per heavy atom.